The lowest BCUT2D eigenvalue weighted by atomic mass is 9.84. The van der Waals surface area contributed by atoms with Gasteiger partial charge in [-0.2, -0.15) is 0 Å². The molecule has 3 aliphatic heterocycles. The number of ether oxygens (including phenoxy) is 6. The van der Waals surface area contributed by atoms with Gasteiger partial charge in [-0.25, -0.2) is 0 Å². The molecule has 4 atom stereocenters. The van der Waals surface area contributed by atoms with Gasteiger partial charge < -0.3 is 38.6 Å². The van der Waals surface area contributed by atoms with Gasteiger partial charge in [0.25, 0.3) is 0 Å². The lowest BCUT2D eigenvalue weighted by Crippen LogP contribution is -2.14. The Morgan fingerprint density at radius 3 is 2.10 bits per heavy atom. The number of methoxy groups -OCH3 is 2. The van der Waals surface area contributed by atoms with Crippen LogP contribution in [0.1, 0.15) is 23.3 Å². The second-order valence-corrected chi connectivity index (χ2v) is 7.38. The van der Waals surface area contributed by atoms with Crippen LogP contribution in [0.15, 0.2) is 24.3 Å². The minimum atomic E-state index is -0.279. The smallest absolute Gasteiger partial charge is 0.231 e. The van der Waals surface area contributed by atoms with Crippen molar-refractivity contribution in [2.45, 2.75) is 12.2 Å². The monoisotopic (exact) mass is 402 g/mol. The topological polar surface area (TPSA) is 95.8 Å². The van der Waals surface area contributed by atoms with E-state index in [-0.39, 0.29) is 48.1 Å². The van der Waals surface area contributed by atoms with Gasteiger partial charge >= 0.3 is 0 Å². The number of benzene rings is 2. The average Bonchev–Trinajstić information content (AvgIpc) is 3.44. The molecular weight excluding hydrogens is 380 g/mol. The normalized spacial score (nSPS) is 27.1. The number of hydrogen-bond donors (Lipinski definition) is 2. The molecule has 0 amide bonds. The first-order valence-electron chi connectivity index (χ1n) is 9.41. The van der Waals surface area contributed by atoms with Crippen LogP contribution in [0.3, 0.4) is 0 Å². The van der Waals surface area contributed by atoms with Gasteiger partial charge in [0.15, 0.2) is 23.0 Å². The molecule has 0 unspecified atom stereocenters. The molecule has 0 aliphatic carbocycles. The van der Waals surface area contributed by atoms with Crippen molar-refractivity contribution in [1.29, 1.82) is 0 Å². The van der Waals surface area contributed by atoms with Crippen LogP contribution in [0, 0.1) is 11.8 Å². The van der Waals surface area contributed by atoms with Crippen LogP contribution in [0.5, 0.6) is 34.5 Å². The molecule has 2 aromatic carbocycles. The van der Waals surface area contributed by atoms with E-state index in [2.05, 4.69) is 0 Å². The maximum absolute atomic E-state index is 10.0. The summed E-state index contributed by atoms with van der Waals surface area (Å²) in [5.41, 5.74) is 1.70. The zero-order valence-corrected chi connectivity index (χ0v) is 16.1. The highest BCUT2D eigenvalue weighted by Crippen LogP contribution is 2.53. The Hall–Kier alpha value is -2.84. The summed E-state index contributed by atoms with van der Waals surface area (Å²) < 4.78 is 33.9. The lowest BCUT2D eigenvalue weighted by Gasteiger charge is -2.18. The van der Waals surface area contributed by atoms with Crippen LogP contribution in [-0.2, 0) is 9.47 Å². The molecule has 3 heterocycles. The lowest BCUT2D eigenvalue weighted by molar-refractivity contribution is 0.0190. The van der Waals surface area contributed by atoms with Gasteiger partial charge in [0.2, 0.25) is 18.3 Å². The summed E-state index contributed by atoms with van der Waals surface area (Å²) in [5.74, 6) is 1.81. The quantitative estimate of drug-likeness (QED) is 0.754. The van der Waals surface area contributed by atoms with Crippen LogP contribution in [-0.4, -0.2) is 44.4 Å². The van der Waals surface area contributed by atoms with Crippen LogP contribution in [0.4, 0.5) is 0 Å². The fraction of sp³-hybridized carbons (Fsp3) is 0.429. The van der Waals surface area contributed by atoms with Gasteiger partial charge in [-0.05, 0) is 35.4 Å². The van der Waals surface area contributed by atoms with Crippen molar-refractivity contribution in [2.75, 3.05) is 34.2 Å². The second-order valence-electron chi connectivity index (χ2n) is 7.38. The molecule has 3 aliphatic rings. The van der Waals surface area contributed by atoms with Gasteiger partial charge in [0.05, 0.1) is 39.6 Å². The zero-order valence-electron chi connectivity index (χ0n) is 16.1. The summed E-state index contributed by atoms with van der Waals surface area (Å²) in [7, 11) is 3.04. The highest BCUT2D eigenvalue weighted by atomic mass is 16.7. The van der Waals surface area contributed by atoms with E-state index in [0.717, 1.165) is 11.1 Å². The van der Waals surface area contributed by atoms with Crippen LogP contribution < -0.4 is 18.9 Å². The number of hydrogen-bond acceptors (Lipinski definition) is 8. The highest BCUT2D eigenvalue weighted by molar-refractivity contribution is 5.56. The number of phenols is 2. The largest absolute Gasteiger partial charge is 0.504 e. The summed E-state index contributed by atoms with van der Waals surface area (Å²) >= 11 is 0. The number of phenolic OH excluding ortho intramolecular Hbond substituents is 2. The van der Waals surface area contributed by atoms with E-state index >= 15 is 0 Å². The predicted molar refractivity (Wildman–Crippen MR) is 99.8 cm³/mol. The standard InChI is InChI=1S/C21H22O8/c1-24-15-4-10(3-14(22)18(15)23)19-12-7-27-20(13(12)8-26-19)11-5-16(25-2)21-17(6-11)28-9-29-21/h3-6,12-13,19-20,22-23H,7-9H2,1-2H3/t12-,13-,19+,20+/m0/s1. The molecule has 2 fully saturated rings. The average molecular weight is 402 g/mol. The van der Waals surface area contributed by atoms with Crippen molar-refractivity contribution in [3.63, 3.8) is 0 Å². The Balaban J connectivity index is 1.43. The Bertz CT molecular complexity index is 943. The summed E-state index contributed by atoms with van der Waals surface area (Å²) in [6.07, 6.45) is -0.428. The molecule has 2 saturated heterocycles. The van der Waals surface area contributed by atoms with Gasteiger partial charge in [-0.1, -0.05) is 0 Å². The third kappa shape index (κ3) is 2.82. The first-order valence-corrected chi connectivity index (χ1v) is 9.41. The molecule has 0 radical (unpaired) electrons. The number of aromatic hydroxyl groups is 2. The van der Waals surface area contributed by atoms with Crippen molar-refractivity contribution < 1.29 is 38.6 Å². The first kappa shape index (κ1) is 18.2. The molecule has 0 aromatic heterocycles. The van der Waals surface area contributed by atoms with Crippen LogP contribution in [0.25, 0.3) is 0 Å². The molecule has 2 aromatic rings. The molecule has 154 valence electrons. The number of fused-ring (bicyclic) bond motifs is 2. The fourth-order valence-electron chi connectivity index (χ4n) is 4.48. The van der Waals surface area contributed by atoms with Crippen molar-refractivity contribution in [1.82, 2.24) is 0 Å². The molecular formula is C21H22O8. The Morgan fingerprint density at radius 2 is 1.45 bits per heavy atom. The first-order chi connectivity index (χ1) is 14.1. The summed E-state index contributed by atoms with van der Waals surface area (Å²) in [6, 6.07) is 7.06. The van der Waals surface area contributed by atoms with Crippen molar-refractivity contribution >= 4 is 0 Å². The zero-order chi connectivity index (χ0) is 20.1. The molecule has 0 spiro atoms. The maximum atomic E-state index is 10.0. The number of rotatable bonds is 4. The van der Waals surface area contributed by atoms with E-state index in [1.807, 2.05) is 12.1 Å². The Kier molecular flexibility index (Phi) is 4.33. The summed E-state index contributed by atoms with van der Waals surface area (Å²) in [4.78, 5) is 0. The fourth-order valence-corrected chi connectivity index (χ4v) is 4.48. The van der Waals surface area contributed by atoms with E-state index in [1.54, 1.807) is 13.2 Å². The molecule has 8 nitrogen and oxygen atoms in total. The molecule has 2 N–H and O–H groups in total. The maximum Gasteiger partial charge on any atom is 0.231 e. The molecule has 5 rings (SSSR count). The molecule has 0 saturated carbocycles. The van der Waals surface area contributed by atoms with Crippen molar-refractivity contribution in [3.8, 4) is 34.5 Å². The van der Waals surface area contributed by atoms with E-state index < -0.39 is 0 Å². The molecule has 29 heavy (non-hydrogen) atoms. The third-order valence-electron chi connectivity index (χ3n) is 5.90. The van der Waals surface area contributed by atoms with Gasteiger partial charge in [0, 0.05) is 11.8 Å². The Labute approximate surface area is 167 Å². The van der Waals surface area contributed by atoms with Gasteiger partial charge in [-0.15, -0.1) is 0 Å². The molecule has 0 bridgehead atoms. The minimum absolute atomic E-state index is 0.102. The van der Waals surface area contributed by atoms with E-state index in [9.17, 15) is 10.2 Å². The van der Waals surface area contributed by atoms with E-state index in [0.29, 0.717) is 30.5 Å². The van der Waals surface area contributed by atoms with E-state index in [1.165, 1.54) is 13.2 Å². The second kappa shape index (κ2) is 6.89. The van der Waals surface area contributed by atoms with Crippen molar-refractivity contribution in [2.24, 2.45) is 11.8 Å². The highest BCUT2D eigenvalue weighted by Gasteiger charge is 2.48. The van der Waals surface area contributed by atoms with E-state index in [4.69, 9.17) is 28.4 Å². The van der Waals surface area contributed by atoms with Crippen LogP contribution >= 0.6 is 0 Å². The van der Waals surface area contributed by atoms with Gasteiger partial charge in [-0.3, -0.25) is 0 Å². The summed E-state index contributed by atoms with van der Waals surface area (Å²) in [6.45, 7) is 1.20. The van der Waals surface area contributed by atoms with Gasteiger partial charge in [0.1, 0.15) is 0 Å². The minimum Gasteiger partial charge on any atom is -0.504 e. The predicted octanol–water partition coefficient (Wildman–Crippen LogP) is 2.92. The molecule has 8 heteroatoms. The SMILES string of the molecule is COc1cc([C@H]2OC[C@H]3[C@@H]2CO[C@@H]3c2cc(OC)c3c(c2)OCO3)cc(O)c1O. The van der Waals surface area contributed by atoms with Crippen molar-refractivity contribution in [3.05, 3.63) is 35.4 Å². The summed E-state index contributed by atoms with van der Waals surface area (Å²) in [5, 5.41) is 19.9. The Morgan fingerprint density at radius 1 is 0.828 bits per heavy atom. The van der Waals surface area contributed by atoms with Crippen LogP contribution in [0.2, 0.25) is 0 Å². The third-order valence-corrected chi connectivity index (χ3v) is 5.90.